The Morgan fingerprint density at radius 2 is 2.32 bits per heavy atom. The second kappa shape index (κ2) is 5.43. The molecule has 1 aliphatic rings. The minimum absolute atomic E-state index is 0.198. The number of hydrogen-bond donors (Lipinski definition) is 2. The number of anilines is 1. The summed E-state index contributed by atoms with van der Waals surface area (Å²) in [7, 11) is 2.00. The van der Waals surface area contributed by atoms with Crippen LogP contribution in [-0.4, -0.2) is 24.6 Å². The van der Waals surface area contributed by atoms with Gasteiger partial charge in [0.1, 0.15) is 5.82 Å². The van der Waals surface area contributed by atoms with E-state index in [4.69, 9.17) is 0 Å². The van der Waals surface area contributed by atoms with Gasteiger partial charge < -0.3 is 10.6 Å². The second-order valence-corrected chi connectivity index (χ2v) is 6.16. The first-order valence-corrected chi connectivity index (χ1v) is 7.55. The first kappa shape index (κ1) is 12.8. The summed E-state index contributed by atoms with van der Waals surface area (Å²) < 4.78 is 14.1. The molecule has 2 aromatic rings. The quantitative estimate of drug-likeness (QED) is 0.902. The number of aromatic nitrogens is 1. The standard InChI is InChI=1S/C14H18FN3S/c1-16-8-9-3-2-4-11(9)17-14-18-12-6-5-10(15)7-13(12)19-14/h5-7,9,11,16H,2-4,8H2,1H3,(H,17,18)/t9-,11+/m1/s1. The van der Waals surface area contributed by atoms with E-state index in [-0.39, 0.29) is 5.82 Å². The lowest BCUT2D eigenvalue weighted by atomic mass is 10.0. The predicted octanol–water partition coefficient (Wildman–Crippen LogP) is 3.24. The normalized spacial score (nSPS) is 23.1. The number of thiazole rings is 1. The molecule has 1 aliphatic carbocycles. The molecule has 19 heavy (non-hydrogen) atoms. The third kappa shape index (κ3) is 2.72. The van der Waals surface area contributed by atoms with Crippen molar-refractivity contribution in [2.24, 2.45) is 5.92 Å². The van der Waals surface area contributed by atoms with E-state index in [1.807, 2.05) is 7.05 Å². The maximum Gasteiger partial charge on any atom is 0.184 e. The molecule has 0 spiro atoms. The maximum absolute atomic E-state index is 13.2. The molecule has 0 amide bonds. The van der Waals surface area contributed by atoms with Crippen molar-refractivity contribution in [3.05, 3.63) is 24.0 Å². The van der Waals surface area contributed by atoms with Crippen molar-refractivity contribution in [2.45, 2.75) is 25.3 Å². The van der Waals surface area contributed by atoms with Crippen LogP contribution in [0.25, 0.3) is 10.2 Å². The Morgan fingerprint density at radius 1 is 1.42 bits per heavy atom. The third-order valence-electron chi connectivity index (χ3n) is 3.78. The van der Waals surface area contributed by atoms with Crippen LogP contribution in [0.5, 0.6) is 0 Å². The first-order chi connectivity index (χ1) is 9.26. The fourth-order valence-corrected chi connectivity index (χ4v) is 3.80. The van der Waals surface area contributed by atoms with Crippen LogP contribution >= 0.6 is 11.3 Å². The molecule has 1 saturated carbocycles. The SMILES string of the molecule is CNC[C@H]1CCC[C@@H]1Nc1nc2ccc(F)cc2s1. The van der Waals surface area contributed by atoms with Crippen LogP contribution in [0.15, 0.2) is 18.2 Å². The molecular weight excluding hydrogens is 261 g/mol. The van der Waals surface area contributed by atoms with E-state index in [0.717, 1.165) is 21.9 Å². The zero-order valence-corrected chi connectivity index (χ0v) is 11.8. The zero-order valence-electron chi connectivity index (χ0n) is 10.9. The van der Waals surface area contributed by atoms with E-state index in [2.05, 4.69) is 15.6 Å². The smallest absolute Gasteiger partial charge is 0.184 e. The molecule has 0 aliphatic heterocycles. The van der Waals surface area contributed by atoms with Crippen molar-refractivity contribution in [2.75, 3.05) is 18.9 Å². The Balaban J connectivity index is 1.77. The van der Waals surface area contributed by atoms with Crippen molar-refractivity contribution >= 4 is 26.7 Å². The summed E-state index contributed by atoms with van der Waals surface area (Å²) in [6.07, 6.45) is 3.72. The van der Waals surface area contributed by atoms with Crippen molar-refractivity contribution < 1.29 is 4.39 Å². The molecule has 1 heterocycles. The lowest BCUT2D eigenvalue weighted by Crippen LogP contribution is -2.30. The highest BCUT2D eigenvalue weighted by molar-refractivity contribution is 7.22. The molecule has 2 atom stereocenters. The Hall–Kier alpha value is -1.20. The van der Waals surface area contributed by atoms with Gasteiger partial charge in [-0.25, -0.2) is 9.37 Å². The zero-order chi connectivity index (χ0) is 13.2. The highest BCUT2D eigenvalue weighted by Gasteiger charge is 2.27. The van der Waals surface area contributed by atoms with Crippen LogP contribution in [0, 0.1) is 11.7 Å². The Morgan fingerprint density at radius 3 is 3.16 bits per heavy atom. The van der Waals surface area contributed by atoms with Gasteiger partial charge in [0.2, 0.25) is 0 Å². The predicted molar refractivity (Wildman–Crippen MR) is 78.3 cm³/mol. The van der Waals surface area contributed by atoms with Gasteiger partial charge in [-0.2, -0.15) is 0 Å². The lowest BCUT2D eigenvalue weighted by molar-refractivity contribution is 0.480. The number of benzene rings is 1. The molecule has 0 unspecified atom stereocenters. The van der Waals surface area contributed by atoms with Gasteiger partial charge in [0.25, 0.3) is 0 Å². The summed E-state index contributed by atoms with van der Waals surface area (Å²) in [5.41, 5.74) is 0.872. The number of rotatable bonds is 4. The van der Waals surface area contributed by atoms with Gasteiger partial charge in [0, 0.05) is 6.04 Å². The van der Waals surface area contributed by atoms with Gasteiger partial charge >= 0.3 is 0 Å². The molecule has 1 aromatic heterocycles. The average Bonchev–Trinajstić information content (AvgIpc) is 2.97. The maximum atomic E-state index is 13.2. The fraction of sp³-hybridized carbons (Fsp3) is 0.500. The largest absolute Gasteiger partial charge is 0.358 e. The minimum Gasteiger partial charge on any atom is -0.358 e. The van der Waals surface area contributed by atoms with Gasteiger partial charge in [0.15, 0.2) is 5.13 Å². The molecule has 2 N–H and O–H groups in total. The van der Waals surface area contributed by atoms with Crippen LogP contribution in [0.3, 0.4) is 0 Å². The van der Waals surface area contributed by atoms with Crippen LogP contribution in [0.1, 0.15) is 19.3 Å². The molecule has 0 radical (unpaired) electrons. The van der Waals surface area contributed by atoms with Crippen LogP contribution in [0.4, 0.5) is 9.52 Å². The number of halogens is 1. The fourth-order valence-electron chi connectivity index (χ4n) is 2.85. The van der Waals surface area contributed by atoms with E-state index in [1.54, 1.807) is 12.1 Å². The molecule has 5 heteroatoms. The van der Waals surface area contributed by atoms with Crippen LogP contribution in [0.2, 0.25) is 0 Å². The topological polar surface area (TPSA) is 37.0 Å². The highest BCUT2D eigenvalue weighted by Crippen LogP contribution is 2.32. The van der Waals surface area contributed by atoms with Crippen molar-refractivity contribution in [3.8, 4) is 0 Å². The summed E-state index contributed by atoms with van der Waals surface area (Å²) >= 11 is 1.54. The molecular formula is C14H18FN3S. The number of nitrogens with one attached hydrogen (secondary N) is 2. The minimum atomic E-state index is -0.198. The Labute approximate surface area is 116 Å². The number of hydrogen-bond acceptors (Lipinski definition) is 4. The number of nitrogens with zero attached hydrogens (tertiary/aromatic N) is 1. The first-order valence-electron chi connectivity index (χ1n) is 6.73. The summed E-state index contributed by atoms with van der Waals surface area (Å²) in [6.45, 7) is 1.04. The van der Waals surface area contributed by atoms with Gasteiger partial charge in [-0.05, 0) is 50.6 Å². The number of fused-ring (bicyclic) bond motifs is 1. The Kier molecular flexibility index (Phi) is 3.66. The molecule has 1 fully saturated rings. The van der Waals surface area contributed by atoms with Gasteiger partial charge in [-0.1, -0.05) is 17.8 Å². The monoisotopic (exact) mass is 279 g/mol. The molecule has 1 aromatic carbocycles. The van der Waals surface area contributed by atoms with E-state index in [1.165, 1.54) is 36.7 Å². The second-order valence-electron chi connectivity index (χ2n) is 5.13. The third-order valence-corrected chi connectivity index (χ3v) is 4.73. The van der Waals surface area contributed by atoms with E-state index in [9.17, 15) is 4.39 Å². The average molecular weight is 279 g/mol. The van der Waals surface area contributed by atoms with Crippen molar-refractivity contribution in [3.63, 3.8) is 0 Å². The molecule has 0 bridgehead atoms. The van der Waals surface area contributed by atoms with Crippen LogP contribution < -0.4 is 10.6 Å². The van der Waals surface area contributed by atoms with Crippen molar-refractivity contribution in [1.29, 1.82) is 0 Å². The molecule has 102 valence electrons. The molecule has 3 rings (SSSR count). The summed E-state index contributed by atoms with van der Waals surface area (Å²) in [5, 5.41) is 7.69. The molecule has 0 saturated heterocycles. The van der Waals surface area contributed by atoms with Crippen molar-refractivity contribution in [1.82, 2.24) is 10.3 Å². The lowest BCUT2D eigenvalue weighted by Gasteiger charge is -2.20. The Bertz CT molecular complexity index is 569. The van der Waals surface area contributed by atoms with E-state index < -0.39 is 0 Å². The van der Waals surface area contributed by atoms with Gasteiger partial charge in [-0.15, -0.1) is 0 Å². The van der Waals surface area contributed by atoms with E-state index in [0.29, 0.717) is 12.0 Å². The summed E-state index contributed by atoms with van der Waals surface area (Å²) in [6, 6.07) is 5.24. The highest BCUT2D eigenvalue weighted by atomic mass is 32.1. The molecule has 3 nitrogen and oxygen atoms in total. The van der Waals surface area contributed by atoms with Gasteiger partial charge in [0.05, 0.1) is 10.2 Å². The summed E-state index contributed by atoms with van der Waals surface area (Å²) in [4.78, 5) is 4.53. The summed E-state index contributed by atoms with van der Waals surface area (Å²) in [5.74, 6) is 0.463. The van der Waals surface area contributed by atoms with E-state index >= 15 is 0 Å². The van der Waals surface area contributed by atoms with Crippen LogP contribution in [-0.2, 0) is 0 Å². The van der Waals surface area contributed by atoms with Gasteiger partial charge in [-0.3, -0.25) is 0 Å².